The van der Waals surface area contributed by atoms with Crippen LogP contribution in [0.5, 0.6) is 0 Å². The Morgan fingerprint density at radius 1 is 1.50 bits per heavy atom. The number of carbonyl (C=O) groups is 1. The van der Waals surface area contributed by atoms with E-state index in [4.69, 9.17) is 4.74 Å². The van der Waals surface area contributed by atoms with Crippen LogP contribution in [0.2, 0.25) is 0 Å². The van der Waals surface area contributed by atoms with Crippen molar-refractivity contribution in [2.75, 3.05) is 0 Å². The van der Waals surface area contributed by atoms with E-state index < -0.39 is 16.6 Å². The van der Waals surface area contributed by atoms with Crippen LogP contribution in [0.3, 0.4) is 0 Å². The van der Waals surface area contributed by atoms with Gasteiger partial charge < -0.3 is 4.74 Å². The third-order valence-electron chi connectivity index (χ3n) is 1.43. The minimum absolute atomic E-state index is 0.298. The molecule has 0 fully saturated rings. The first kappa shape index (κ1) is 16.4. The van der Waals surface area contributed by atoms with Gasteiger partial charge in [-0.15, -0.1) is 0 Å². The number of rotatable bonds is 4. The second-order valence-corrected chi connectivity index (χ2v) is 5.12. The van der Waals surface area contributed by atoms with Gasteiger partial charge in [0.25, 0.3) is 5.70 Å². The number of ether oxygens (including phenoxy) is 1. The van der Waals surface area contributed by atoms with Gasteiger partial charge in [0.15, 0.2) is 0 Å². The molecule has 1 amide bonds. The number of alkyl carbamates (subject to hydrolysis) is 1. The Hall–Kier alpha value is -1.63. The molecule has 0 unspecified atom stereocenters. The number of hydrogen-bond acceptors (Lipinski definition) is 4. The summed E-state index contributed by atoms with van der Waals surface area (Å²) in [7, 11) is 0. The second kappa shape index (κ2) is 6.95. The Kier molecular flexibility index (Phi) is 6.32. The molecular formula is C11H15BrN2O4. The summed E-state index contributed by atoms with van der Waals surface area (Å²) < 4.78 is 5.36. The van der Waals surface area contributed by atoms with Crippen LogP contribution < -0.4 is 5.32 Å². The van der Waals surface area contributed by atoms with E-state index in [1.807, 2.05) is 0 Å². The summed E-state index contributed by atoms with van der Waals surface area (Å²) in [6.07, 6.45) is 2.80. The topological polar surface area (TPSA) is 81.5 Å². The lowest BCUT2D eigenvalue weighted by Gasteiger charge is -2.18. The Bertz CT molecular complexity index is 408. The maximum atomic E-state index is 11.3. The van der Waals surface area contributed by atoms with Crippen LogP contribution in [0.4, 0.5) is 4.79 Å². The Morgan fingerprint density at radius 2 is 2.06 bits per heavy atom. The van der Waals surface area contributed by atoms with Gasteiger partial charge >= 0.3 is 6.09 Å². The van der Waals surface area contributed by atoms with Gasteiger partial charge in [-0.1, -0.05) is 28.6 Å². The summed E-state index contributed by atoms with van der Waals surface area (Å²) >= 11 is 3.06. The van der Waals surface area contributed by atoms with Gasteiger partial charge in [0.2, 0.25) is 0 Å². The van der Waals surface area contributed by atoms with E-state index >= 15 is 0 Å². The summed E-state index contributed by atoms with van der Waals surface area (Å²) in [5.74, 6) is 0. The van der Waals surface area contributed by atoms with Crippen LogP contribution in [0.25, 0.3) is 0 Å². The molecule has 18 heavy (non-hydrogen) atoms. The minimum Gasteiger partial charge on any atom is -0.444 e. The lowest BCUT2D eigenvalue weighted by molar-refractivity contribution is -0.419. The molecule has 0 atom stereocenters. The molecular weight excluding hydrogens is 304 g/mol. The molecule has 0 bridgehead atoms. The van der Waals surface area contributed by atoms with E-state index in [2.05, 4.69) is 27.8 Å². The fraction of sp³-hybridized carbons (Fsp3) is 0.364. The van der Waals surface area contributed by atoms with Crippen molar-refractivity contribution in [3.63, 3.8) is 0 Å². The monoisotopic (exact) mass is 318 g/mol. The van der Waals surface area contributed by atoms with Crippen molar-refractivity contribution < 1.29 is 14.5 Å². The Morgan fingerprint density at radius 3 is 2.44 bits per heavy atom. The molecule has 0 heterocycles. The summed E-state index contributed by atoms with van der Waals surface area (Å²) in [6.45, 7) is 8.52. The number of hydrogen-bond donors (Lipinski definition) is 1. The molecule has 0 radical (unpaired) electrons. The summed E-state index contributed by atoms with van der Waals surface area (Å²) in [6, 6.07) is 0. The average molecular weight is 319 g/mol. The molecule has 100 valence electrons. The van der Waals surface area contributed by atoms with Gasteiger partial charge in [-0.3, -0.25) is 15.4 Å². The van der Waals surface area contributed by atoms with E-state index in [-0.39, 0.29) is 5.70 Å². The van der Waals surface area contributed by atoms with E-state index in [9.17, 15) is 14.9 Å². The highest BCUT2D eigenvalue weighted by molar-refractivity contribution is 9.11. The van der Waals surface area contributed by atoms with Crippen molar-refractivity contribution in [1.29, 1.82) is 0 Å². The van der Waals surface area contributed by atoms with Gasteiger partial charge in [-0.25, -0.2) is 4.79 Å². The first-order valence-corrected chi connectivity index (χ1v) is 5.78. The predicted octanol–water partition coefficient (Wildman–Crippen LogP) is 3.09. The Balaban J connectivity index is 4.76. The van der Waals surface area contributed by atoms with Crippen molar-refractivity contribution in [3.05, 3.63) is 45.2 Å². The molecule has 0 saturated carbocycles. The zero-order chi connectivity index (χ0) is 14.3. The lowest BCUT2D eigenvalue weighted by Crippen LogP contribution is -2.30. The van der Waals surface area contributed by atoms with Crippen molar-refractivity contribution >= 4 is 22.0 Å². The molecule has 0 aromatic carbocycles. The van der Waals surface area contributed by atoms with E-state index in [0.29, 0.717) is 4.48 Å². The number of nitrogens with zero attached hydrogens (tertiary/aromatic N) is 1. The lowest BCUT2D eigenvalue weighted by atomic mass is 10.2. The van der Waals surface area contributed by atoms with Crippen LogP contribution in [0, 0.1) is 10.1 Å². The number of nitrogens with one attached hydrogen (secondary N) is 1. The van der Waals surface area contributed by atoms with Gasteiger partial charge in [0, 0.05) is 10.6 Å². The van der Waals surface area contributed by atoms with E-state index in [0.717, 1.165) is 6.20 Å². The summed E-state index contributed by atoms with van der Waals surface area (Å²) in [5, 5.41) is 12.9. The quantitative estimate of drug-likeness (QED) is 0.490. The third-order valence-corrected chi connectivity index (χ3v) is 1.98. The molecule has 0 aromatic heterocycles. The summed E-state index contributed by atoms with van der Waals surface area (Å²) in [4.78, 5) is 21.3. The van der Waals surface area contributed by atoms with Crippen LogP contribution in [0.1, 0.15) is 20.8 Å². The minimum atomic E-state index is -0.759. The van der Waals surface area contributed by atoms with Gasteiger partial charge in [-0.05, 0) is 20.8 Å². The second-order valence-electron chi connectivity index (χ2n) is 4.21. The largest absolute Gasteiger partial charge is 0.444 e. The van der Waals surface area contributed by atoms with E-state index in [1.165, 1.54) is 12.2 Å². The first-order chi connectivity index (χ1) is 8.15. The number of allylic oxidation sites excluding steroid dienone is 3. The molecule has 0 aliphatic carbocycles. The highest BCUT2D eigenvalue weighted by atomic mass is 79.9. The highest BCUT2D eigenvalue weighted by Gasteiger charge is 2.16. The molecule has 0 rings (SSSR count). The smallest absolute Gasteiger partial charge is 0.411 e. The number of amides is 1. The van der Waals surface area contributed by atoms with Crippen molar-refractivity contribution in [1.82, 2.24) is 5.32 Å². The fourth-order valence-electron chi connectivity index (χ4n) is 0.788. The standard InChI is InChI=1S/C11H15BrN2O4/c1-5-8(12)6-9(14(16)17)7-13-10(15)18-11(2,3)4/h5-7H,1H2,2-4H3,(H,13,15)/b8-6+,9-7-. The van der Waals surface area contributed by atoms with Crippen LogP contribution in [-0.2, 0) is 4.74 Å². The normalized spacial score (nSPS) is 12.9. The average Bonchev–Trinajstić information content (AvgIpc) is 2.20. The number of halogens is 1. The molecule has 6 nitrogen and oxygen atoms in total. The predicted molar refractivity (Wildman–Crippen MR) is 71.7 cm³/mol. The van der Waals surface area contributed by atoms with Crippen molar-refractivity contribution in [3.8, 4) is 0 Å². The molecule has 0 aliphatic heterocycles. The fourth-order valence-corrected chi connectivity index (χ4v) is 1.02. The van der Waals surface area contributed by atoms with Gasteiger partial charge in [-0.2, -0.15) is 0 Å². The number of nitro groups is 1. The maximum absolute atomic E-state index is 11.3. The molecule has 0 saturated heterocycles. The number of carbonyl (C=O) groups excluding carboxylic acids is 1. The van der Waals surface area contributed by atoms with Gasteiger partial charge in [0.1, 0.15) is 5.60 Å². The van der Waals surface area contributed by atoms with Crippen LogP contribution in [-0.4, -0.2) is 16.6 Å². The highest BCUT2D eigenvalue weighted by Crippen LogP contribution is 2.10. The first-order valence-electron chi connectivity index (χ1n) is 4.99. The zero-order valence-corrected chi connectivity index (χ0v) is 12.0. The molecule has 0 aliphatic rings. The van der Waals surface area contributed by atoms with Crippen molar-refractivity contribution in [2.45, 2.75) is 26.4 Å². The van der Waals surface area contributed by atoms with Crippen LogP contribution in [0.15, 0.2) is 35.1 Å². The molecule has 7 heteroatoms. The Labute approximate surface area is 114 Å². The van der Waals surface area contributed by atoms with Crippen molar-refractivity contribution in [2.24, 2.45) is 0 Å². The summed E-state index contributed by atoms with van der Waals surface area (Å²) in [5.41, 5.74) is -0.961. The molecule has 0 aromatic rings. The zero-order valence-electron chi connectivity index (χ0n) is 10.4. The SMILES string of the molecule is C=C/C(Br)=C\C(=C\NC(=O)OC(C)(C)C)[N+](=O)[O-]. The third kappa shape index (κ3) is 7.61. The van der Waals surface area contributed by atoms with E-state index in [1.54, 1.807) is 20.8 Å². The van der Waals surface area contributed by atoms with Crippen LogP contribution >= 0.6 is 15.9 Å². The molecule has 0 spiro atoms. The maximum Gasteiger partial charge on any atom is 0.411 e. The van der Waals surface area contributed by atoms with Gasteiger partial charge in [0.05, 0.1) is 11.1 Å². The molecule has 1 N–H and O–H groups in total.